The molecule has 0 N–H and O–H groups in total. The highest BCUT2D eigenvalue weighted by Gasteiger charge is 2.36. The van der Waals surface area contributed by atoms with E-state index in [0.29, 0.717) is 31.2 Å². The van der Waals surface area contributed by atoms with Crippen molar-refractivity contribution in [1.82, 2.24) is 14.8 Å². The topological polar surface area (TPSA) is 65.5 Å². The maximum absolute atomic E-state index is 14.7. The van der Waals surface area contributed by atoms with Gasteiger partial charge in [0.1, 0.15) is 12.4 Å². The number of benzene rings is 3. The zero-order chi connectivity index (χ0) is 28.9. The van der Waals surface area contributed by atoms with E-state index < -0.39 is 17.8 Å². The van der Waals surface area contributed by atoms with E-state index in [2.05, 4.69) is 17.9 Å². The minimum absolute atomic E-state index is 0.0642. The second kappa shape index (κ2) is 12.9. The number of carbonyl (C=O) groups excluding carboxylic acids is 2. The number of aryl methyl sites for hydroxylation is 2. The highest BCUT2D eigenvalue weighted by atomic mass is 35.5. The summed E-state index contributed by atoms with van der Waals surface area (Å²) in [4.78, 5) is 31.1. The predicted octanol–water partition coefficient (Wildman–Crippen LogP) is 5.25. The molecule has 1 fully saturated rings. The minimum atomic E-state index is -0.619. The summed E-state index contributed by atoms with van der Waals surface area (Å²) in [5, 5.41) is 6.77. The Hall–Kier alpha value is -3.59. The lowest BCUT2D eigenvalue weighted by Gasteiger charge is -2.31. The molecule has 0 spiro atoms. The summed E-state index contributed by atoms with van der Waals surface area (Å²) in [6.07, 6.45) is 0.479. The third kappa shape index (κ3) is 6.67. The van der Waals surface area contributed by atoms with Crippen LogP contribution in [0.25, 0.3) is 0 Å². The molecule has 7 nitrogen and oxygen atoms in total. The second-order valence-corrected chi connectivity index (χ2v) is 10.9. The van der Waals surface area contributed by atoms with Crippen LogP contribution in [0.3, 0.4) is 0 Å². The number of nitrogens with zero attached hydrogens (tertiary/aromatic N) is 4. The van der Waals surface area contributed by atoms with Crippen molar-refractivity contribution in [3.63, 3.8) is 0 Å². The van der Waals surface area contributed by atoms with Crippen molar-refractivity contribution in [2.45, 2.75) is 26.3 Å². The fourth-order valence-electron chi connectivity index (χ4n) is 5.20. The van der Waals surface area contributed by atoms with Crippen LogP contribution < -0.4 is 0 Å². The molecule has 0 unspecified atom stereocenters. The van der Waals surface area contributed by atoms with Gasteiger partial charge in [-0.2, -0.15) is 5.10 Å². The Morgan fingerprint density at radius 1 is 1.02 bits per heavy atom. The predicted molar refractivity (Wildman–Crippen MR) is 158 cm³/mol. The number of halogens is 2. The van der Waals surface area contributed by atoms with Gasteiger partial charge in [0.2, 0.25) is 0 Å². The zero-order valence-corrected chi connectivity index (χ0v) is 24.1. The van der Waals surface area contributed by atoms with E-state index in [1.54, 1.807) is 12.1 Å². The molecule has 214 valence electrons. The fourth-order valence-corrected chi connectivity index (χ4v) is 5.47. The lowest BCUT2D eigenvalue weighted by Crippen LogP contribution is -2.46. The van der Waals surface area contributed by atoms with Crippen molar-refractivity contribution < 1.29 is 18.7 Å². The summed E-state index contributed by atoms with van der Waals surface area (Å²) in [6, 6.07) is 19.0. The van der Waals surface area contributed by atoms with Crippen LogP contribution in [-0.2, 0) is 9.53 Å². The Kier molecular flexibility index (Phi) is 9.12. The molecular formula is C32H34ClFN4O3. The van der Waals surface area contributed by atoms with Crippen LogP contribution in [0.4, 0.5) is 4.39 Å². The Morgan fingerprint density at radius 2 is 1.76 bits per heavy atom. The first-order chi connectivity index (χ1) is 19.8. The van der Waals surface area contributed by atoms with E-state index in [1.165, 1.54) is 33.7 Å². The summed E-state index contributed by atoms with van der Waals surface area (Å²) in [6.45, 7) is 7.35. The normalized spacial score (nSPS) is 17.4. The van der Waals surface area contributed by atoms with Crippen molar-refractivity contribution in [2.24, 2.45) is 5.10 Å². The maximum atomic E-state index is 14.7. The van der Waals surface area contributed by atoms with Crippen molar-refractivity contribution in [3.05, 3.63) is 105 Å². The van der Waals surface area contributed by atoms with Crippen molar-refractivity contribution in [2.75, 3.05) is 45.9 Å². The Morgan fingerprint density at radius 3 is 2.49 bits per heavy atom. The molecule has 0 radical (unpaired) electrons. The number of hydrogen-bond donors (Lipinski definition) is 0. The third-order valence-electron chi connectivity index (χ3n) is 7.78. The highest BCUT2D eigenvalue weighted by Crippen LogP contribution is 2.36. The SMILES string of the molecule is Cc1ccc(C2=NN(C(=O)CN(CCN3CCOCC3)C(=O)c3ccccc3F)[C@@H](c3ccccc3Cl)C2)cc1C. The van der Waals surface area contributed by atoms with Gasteiger partial charge in [-0.3, -0.25) is 14.5 Å². The van der Waals surface area contributed by atoms with E-state index in [4.69, 9.17) is 21.4 Å². The van der Waals surface area contributed by atoms with Gasteiger partial charge in [-0.1, -0.05) is 54.1 Å². The van der Waals surface area contributed by atoms with Crippen LogP contribution >= 0.6 is 11.6 Å². The summed E-state index contributed by atoms with van der Waals surface area (Å²) in [7, 11) is 0. The van der Waals surface area contributed by atoms with Crippen LogP contribution in [0.5, 0.6) is 0 Å². The lowest BCUT2D eigenvalue weighted by atomic mass is 9.96. The van der Waals surface area contributed by atoms with Crippen LogP contribution in [0.2, 0.25) is 5.02 Å². The smallest absolute Gasteiger partial charge is 0.262 e. The number of amides is 2. The highest BCUT2D eigenvalue weighted by molar-refractivity contribution is 6.31. The van der Waals surface area contributed by atoms with E-state index in [9.17, 15) is 14.0 Å². The maximum Gasteiger partial charge on any atom is 0.262 e. The Labute approximate surface area is 245 Å². The van der Waals surface area contributed by atoms with E-state index in [0.717, 1.165) is 35.5 Å². The number of hydrazone groups is 1. The first-order valence-electron chi connectivity index (χ1n) is 13.9. The molecule has 0 aliphatic carbocycles. The van der Waals surface area contributed by atoms with Gasteiger partial charge in [-0.05, 0) is 60.4 Å². The van der Waals surface area contributed by atoms with Crippen LogP contribution in [0.1, 0.15) is 45.1 Å². The molecule has 3 aromatic rings. The van der Waals surface area contributed by atoms with Crippen LogP contribution in [-0.4, -0.2) is 78.3 Å². The molecule has 0 bridgehead atoms. The summed E-state index contributed by atoms with van der Waals surface area (Å²) >= 11 is 6.59. The number of rotatable bonds is 8. The van der Waals surface area contributed by atoms with Gasteiger partial charge in [-0.15, -0.1) is 0 Å². The second-order valence-electron chi connectivity index (χ2n) is 10.5. The quantitative estimate of drug-likeness (QED) is 0.367. The lowest BCUT2D eigenvalue weighted by molar-refractivity contribution is -0.133. The van der Waals surface area contributed by atoms with Gasteiger partial charge >= 0.3 is 0 Å². The van der Waals surface area contributed by atoms with Gasteiger partial charge in [0.25, 0.3) is 11.8 Å². The van der Waals surface area contributed by atoms with E-state index in [-0.39, 0.29) is 24.6 Å². The fraction of sp³-hybridized carbons (Fsp3) is 0.344. The first-order valence-corrected chi connectivity index (χ1v) is 14.2. The number of ether oxygens (including phenoxy) is 1. The van der Waals surface area contributed by atoms with Gasteiger partial charge in [0.05, 0.1) is 30.5 Å². The molecule has 1 saturated heterocycles. The van der Waals surface area contributed by atoms with Gasteiger partial charge in [0.15, 0.2) is 0 Å². The van der Waals surface area contributed by atoms with Crippen molar-refractivity contribution in [1.29, 1.82) is 0 Å². The number of morpholine rings is 1. The summed E-state index contributed by atoms with van der Waals surface area (Å²) in [5.41, 5.74) is 4.73. The largest absolute Gasteiger partial charge is 0.379 e. The molecule has 1 atom stereocenters. The number of carbonyl (C=O) groups is 2. The standard InChI is InChI=1S/C32H34ClFN4O3/c1-22-11-12-24(19-23(22)2)29-20-30(25-7-3-5-9-27(25)33)38(35-29)31(39)21-37(14-13-36-15-17-41-18-16-36)32(40)26-8-4-6-10-28(26)34/h3-12,19,30H,13-18,20-21H2,1-2H3/t30-/m1/s1. The molecule has 0 saturated carbocycles. The van der Waals surface area contributed by atoms with Gasteiger partial charge in [-0.25, -0.2) is 9.40 Å². The molecule has 2 amide bonds. The molecule has 41 heavy (non-hydrogen) atoms. The molecule has 2 aliphatic heterocycles. The molecule has 3 aromatic carbocycles. The van der Waals surface area contributed by atoms with Crippen LogP contribution in [0.15, 0.2) is 71.8 Å². The van der Waals surface area contributed by atoms with E-state index >= 15 is 0 Å². The molecule has 5 rings (SSSR count). The van der Waals surface area contributed by atoms with Crippen LogP contribution in [0, 0.1) is 19.7 Å². The summed E-state index contributed by atoms with van der Waals surface area (Å²) < 4.78 is 20.1. The molecule has 9 heteroatoms. The zero-order valence-electron chi connectivity index (χ0n) is 23.4. The average molecular weight is 577 g/mol. The monoisotopic (exact) mass is 576 g/mol. The Balaban J connectivity index is 1.44. The van der Waals surface area contributed by atoms with Gasteiger partial charge in [0, 0.05) is 37.6 Å². The van der Waals surface area contributed by atoms with Gasteiger partial charge < -0.3 is 9.64 Å². The molecule has 2 aliphatic rings. The molecular weight excluding hydrogens is 543 g/mol. The first kappa shape index (κ1) is 28.9. The minimum Gasteiger partial charge on any atom is -0.379 e. The van der Waals surface area contributed by atoms with E-state index in [1.807, 2.05) is 37.3 Å². The average Bonchev–Trinajstić information content (AvgIpc) is 3.43. The third-order valence-corrected chi connectivity index (χ3v) is 8.12. The van der Waals surface area contributed by atoms with Crippen molar-refractivity contribution >= 4 is 29.1 Å². The molecule has 0 aromatic heterocycles. The summed E-state index contributed by atoms with van der Waals surface area (Å²) in [5.74, 6) is -1.51. The molecule has 2 heterocycles. The Bertz CT molecular complexity index is 1460. The van der Waals surface area contributed by atoms with Crippen molar-refractivity contribution in [3.8, 4) is 0 Å². The number of hydrogen-bond acceptors (Lipinski definition) is 5.